The van der Waals surface area contributed by atoms with Gasteiger partial charge in [0, 0.05) is 57.6 Å². The Labute approximate surface area is 154 Å². The molecule has 0 saturated carbocycles. The van der Waals surface area contributed by atoms with Crippen LogP contribution in [0.1, 0.15) is 24.9 Å². The van der Waals surface area contributed by atoms with Crippen molar-refractivity contribution in [2.45, 2.75) is 19.4 Å². The molecule has 6 nitrogen and oxygen atoms in total. The van der Waals surface area contributed by atoms with Crippen LogP contribution < -0.4 is 10.6 Å². The quantitative estimate of drug-likeness (QED) is 0.762. The molecule has 2 amide bonds. The minimum atomic E-state index is -0.121. The number of nitrogens with zero attached hydrogens (tertiary/aromatic N) is 2. The first-order valence-electron chi connectivity index (χ1n) is 8.65. The average Bonchev–Trinajstić information content (AvgIpc) is 2.57. The number of rotatable bonds is 7. The van der Waals surface area contributed by atoms with E-state index in [1.807, 2.05) is 24.3 Å². The highest BCUT2D eigenvalue weighted by Gasteiger charge is 2.24. The van der Waals surface area contributed by atoms with E-state index >= 15 is 0 Å². The van der Waals surface area contributed by atoms with Crippen LogP contribution in [0.25, 0.3) is 0 Å². The van der Waals surface area contributed by atoms with Crippen molar-refractivity contribution in [2.75, 3.05) is 46.3 Å². The highest BCUT2D eigenvalue weighted by atomic mass is 35.5. The third kappa shape index (κ3) is 6.65. The fourth-order valence-electron chi connectivity index (χ4n) is 2.93. The number of likely N-dealkylation sites (N-methyl/N-ethyl adjacent to an activating group) is 1. The summed E-state index contributed by atoms with van der Waals surface area (Å²) < 4.78 is 0. The molecule has 1 heterocycles. The first kappa shape index (κ1) is 19.7. The zero-order valence-electron chi connectivity index (χ0n) is 14.9. The van der Waals surface area contributed by atoms with E-state index in [4.69, 9.17) is 11.6 Å². The fraction of sp³-hybridized carbons (Fsp3) is 0.556. The summed E-state index contributed by atoms with van der Waals surface area (Å²) in [5.41, 5.74) is 1.15. The molecule has 1 saturated heterocycles. The molecule has 1 aromatic rings. The van der Waals surface area contributed by atoms with Crippen LogP contribution in [0.3, 0.4) is 0 Å². The number of benzene rings is 1. The zero-order chi connectivity index (χ0) is 18.2. The summed E-state index contributed by atoms with van der Waals surface area (Å²) in [4.78, 5) is 27.6. The van der Waals surface area contributed by atoms with Gasteiger partial charge in [-0.05, 0) is 24.7 Å². The number of carbonyl (C=O) groups is 2. The van der Waals surface area contributed by atoms with Crippen LogP contribution in [-0.4, -0.2) is 67.9 Å². The van der Waals surface area contributed by atoms with Crippen molar-refractivity contribution in [2.24, 2.45) is 0 Å². The van der Waals surface area contributed by atoms with E-state index in [-0.39, 0.29) is 24.3 Å². The summed E-state index contributed by atoms with van der Waals surface area (Å²) in [5, 5.41) is 6.35. The molecule has 0 aromatic heterocycles. The third-order valence-corrected chi connectivity index (χ3v) is 4.70. The van der Waals surface area contributed by atoms with Gasteiger partial charge in [0.2, 0.25) is 11.8 Å². The minimum Gasteiger partial charge on any atom is -0.356 e. The van der Waals surface area contributed by atoms with Gasteiger partial charge in [0.25, 0.3) is 0 Å². The summed E-state index contributed by atoms with van der Waals surface area (Å²) in [6, 6.07) is 7.94. The summed E-state index contributed by atoms with van der Waals surface area (Å²) in [7, 11) is 2.12. The predicted octanol–water partition coefficient (Wildman–Crippen LogP) is 1.27. The van der Waals surface area contributed by atoms with Gasteiger partial charge in [-0.1, -0.05) is 23.7 Å². The van der Waals surface area contributed by atoms with E-state index in [9.17, 15) is 9.59 Å². The maximum atomic E-state index is 12.0. The lowest BCUT2D eigenvalue weighted by Crippen LogP contribution is -2.48. The van der Waals surface area contributed by atoms with Crippen molar-refractivity contribution in [3.05, 3.63) is 34.9 Å². The Morgan fingerprint density at radius 3 is 2.36 bits per heavy atom. The van der Waals surface area contributed by atoms with Crippen molar-refractivity contribution in [3.8, 4) is 0 Å². The Morgan fingerprint density at radius 2 is 1.76 bits per heavy atom. The van der Waals surface area contributed by atoms with Gasteiger partial charge in [-0.15, -0.1) is 0 Å². The number of carbonyl (C=O) groups excluding carboxylic acids is 2. The summed E-state index contributed by atoms with van der Waals surface area (Å²) >= 11 is 6.01. The van der Waals surface area contributed by atoms with Crippen LogP contribution >= 0.6 is 11.6 Å². The molecule has 1 aliphatic rings. The second-order valence-corrected chi connectivity index (χ2v) is 6.88. The van der Waals surface area contributed by atoms with Gasteiger partial charge in [0.15, 0.2) is 0 Å². The Balaban J connectivity index is 1.95. The second-order valence-electron chi connectivity index (χ2n) is 6.44. The standard InChI is InChI=1S/C18H27ClN4O2/c1-14(24)20-8-7-18(25)21-13-17(15-3-5-16(19)6-4-15)23-11-9-22(2)10-12-23/h3-6,17H,7-13H2,1-2H3,(H,20,24)(H,21,25). The van der Waals surface area contributed by atoms with Crippen molar-refractivity contribution in [1.82, 2.24) is 20.4 Å². The van der Waals surface area contributed by atoms with E-state index in [1.54, 1.807) is 0 Å². The van der Waals surface area contributed by atoms with Gasteiger partial charge < -0.3 is 15.5 Å². The highest BCUT2D eigenvalue weighted by Crippen LogP contribution is 2.23. The minimum absolute atomic E-state index is 0.0539. The van der Waals surface area contributed by atoms with Crippen LogP contribution in [0.4, 0.5) is 0 Å². The molecule has 0 bridgehead atoms. The van der Waals surface area contributed by atoms with Gasteiger partial charge in [0.1, 0.15) is 0 Å². The number of piperazine rings is 1. The number of hydrogen-bond donors (Lipinski definition) is 2. The highest BCUT2D eigenvalue weighted by molar-refractivity contribution is 6.30. The molecular weight excluding hydrogens is 340 g/mol. The lowest BCUT2D eigenvalue weighted by molar-refractivity contribution is -0.121. The topological polar surface area (TPSA) is 64.7 Å². The molecule has 7 heteroatoms. The van der Waals surface area contributed by atoms with Gasteiger partial charge in [-0.3, -0.25) is 14.5 Å². The predicted molar refractivity (Wildman–Crippen MR) is 99.6 cm³/mol. The monoisotopic (exact) mass is 366 g/mol. The Hall–Kier alpha value is -1.63. The smallest absolute Gasteiger partial charge is 0.221 e. The molecule has 1 fully saturated rings. The third-order valence-electron chi connectivity index (χ3n) is 4.45. The molecule has 0 radical (unpaired) electrons. The molecule has 25 heavy (non-hydrogen) atoms. The molecule has 1 aliphatic heterocycles. The molecule has 138 valence electrons. The van der Waals surface area contributed by atoms with Crippen molar-refractivity contribution >= 4 is 23.4 Å². The average molecular weight is 367 g/mol. The first-order valence-corrected chi connectivity index (χ1v) is 9.02. The van der Waals surface area contributed by atoms with E-state index in [0.717, 1.165) is 31.7 Å². The molecule has 2 rings (SSSR count). The van der Waals surface area contributed by atoms with Crippen LogP contribution in [0.5, 0.6) is 0 Å². The first-order chi connectivity index (χ1) is 12.0. The molecular formula is C18H27ClN4O2. The van der Waals surface area contributed by atoms with E-state index in [2.05, 4.69) is 27.5 Å². The van der Waals surface area contributed by atoms with Crippen LogP contribution in [0, 0.1) is 0 Å². The van der Waals surface area contributed by atoms with Crippen molar-refractivity contribution < 1.29 is 9.59 Å². The fourth-order valence-corrected chi connectivity index (χ4v) is 3.05. The van der Waals surface area contributed by atoms with Gasteiger partial charge in [-0.25, -0.2) is 0 Å². The van der Waals surface area contributed by atoms with Crippen molar-refractivity contribution in [3.63, 3.8) is 0 Å². The van der Waals surface area contributed by atoms with E-state index in [0.29, 0.717) is 18.1 Å². The van der Waals surface area contributed by atoms with Crippen LogP contribution in [-0.2, 0) is 9.59 Å². The Morgan fingerprint density at radius 1 is 1.12 bits per heavy atom. The number of hydrogen-bond acceptors (Lipinski definition) is 4. The molecule has 0 aliphatic carbocycles. The number of halogens is 1. The van der Waals surface area contributed by atoms with Gasteiger partial charge in [-0.2, -0.15) is 0 Å². The molecule has 2 N–H and O–H groups in total. The van der Waals surface area contributed by atoms with Gasteiger partial charge in [0.05, 0.1) is 6.04 Å². The van der Waals surface area contributed by atoms with Crippen molar-refractivity contribution in [1.29, 1.82) is 0 Å². The normalized spacial score (nSPS) is 17.1. The molecule has 1 unspecified atom stereocenters. The zero-order valence-corrected chi connectivity index (χ0v) is 15.7. The maximum absolute atomic E-state index is 12.0. The van der Waals surface area contributed by atoms with E-state index in [1.165, 1.54) is 6.92 Å². The van der Waals surface area contributed by atoms with Gasteiger partial charge >= 0.3 is 0 Å². The second kappa shape index (κ2) is 9.75. The summed E-state index contributed by atoms with van der Waals surface area (Å²) in [5.74, 6) is -0.175. The maximum Gasteiger partial charge on any atom is 0.221 e. The Bertz CT molecular complexity index is 571. The van der Waals surface area contributed by atoms with E-state index < -0.39 is 0 Å². The lowest BCUT2D eigenvalue weighted by Gasteiger charge is -2.38. The lowest BCUT2D eigenvalue weighted by atomic mass is 10.0. The Kier molecular flexibility index (Phi) is 7.68. The van der Waals surface area contributed by atoms with Crippen LogP contribution in [0.2, 0.25) is 5.02 Å². The summed E-state index contributed by atoms with van der Waals surface area (Å²) in [6.45, 7) is 6.31. The molecule has 1 atom stereocenters. The number of nitrogens with one attached hydrogen (secondary N) is 2. The summed E-state index contributed by atoms with van der Waals surface area (Å²) in [6.07, 6.45) is 0.287. The SMILES string of the molecule is CC(=O)NCCC(=O)NCC(c1ccc(Cl)cc1)N1CCN(C)CC1. The number of amides is 2. The molecule has 1 aromatic carbocycles. The largest absolute Gasteiger partial charge is 0.356 e. The molecule has 0 spiro atoms. The van der Waals surface area contributed by atoms with Crippen LogP contribution in [0.15, 0.2) is 24.3 Å².